The molecule has 2 saturated heterocycles. The first-order valence-corrected chi connectivity index (χ1v) is 13.3. The second-order valence-corrected chi connectivity index (χ2v) is 10.7. The van der Waals surface area contributed by atoms with Gasteiger partial charge >= 0.3 is 0 Å². The fourth-order valence-corrected chi connectivity index (χ4v) is 5.93. The van der Waals surface area contributed by atoms with Gasteiger partial charge in [0.2, 0.25) is 10.0 Å². The third-order valence-corrected chi connectivity index (χ3v) is 8.23. The van der Waals surface area contributed by atoms with Gasteiger partial charge in [-0.2, -0.15) is 0 Å². The van der Waals surface area contributed by atoms with E-state index >= 15 is 0 Å². The standard InChI is InChI=1S/C25H34FN3O2S/c26-23-9-5-21(6-10-23)22-7-11-25(12-8-22)32(30,31)27-15-4-16-28-19-13-24(14-20-28)29-17-2-1-3-18-29/h5-12,24,27H,1-4,13-20H2. The number of rotatable bonds is 8. The van der Waals surface area contributed by atoms with Gasteiger partial charge in [0.1, 0.15) is 5.82 Å². The summed E-state index contributed by atoms with van der Waals surface area (Å²) in [6, 6.07) is 13.6. The van der Waals surface area contributed by atoms with E-state index in [1.165, 1.54) is 57.3 Å². The Hall–Kier alpha value is -1.80. The number of likely N-dealkylation sites (tertiary alicyclic amines) is 2. The van der Waals surface area contributed by atoms with Crippen molar-refractivity contribution in [3.63, 3.8) is 0 Å². The number of hydrogen-bond acceptors (Lipinski definition) is 4. The zero-order chi connectivity index (χ0) is 22.4. The van der Waals surface area contributed by atoms with Crippen molar-refractivity contribution in [2.45, 2.75) is 49.5 Å². The van der Waals surface area contributed by atoms with E-state index in [9.17, 15) is 12.8 Å². The maximum Gasteiger partial charge on any atom is 0.240 e. The van der Waals surface area contributed by atoms with Crippen molar-refractivity contribution >= 4 is 10.0 Å². The molecule has 32 heavy (non-hydrogen) atoms. The fourth-order valence-electron chi connectivity index (χ4n) is 4.85. The Morgan fingerprint density at radius 2 is 1.44 bits per heavy atom. The van der Waals surface area contributed by atoms with Gasteiger partial charge in [0.25, 0.3) is 0 Å². The largest absolute Gasteiger partial charge is 0.303 e. The van der Waals surface area contributed by atoms with Crippen LogP contribution in [0, 0.1) is 5.82 Å². The molecule has 2 fully saturated rings. The van der Waals surface area contributed by atoms with Gasteiger partial charge in [-0.25, -0.2) is 17.5 Å². The smallest absolute Gasteiger partial charge is 0.240 e. The van der Waals surface area contributed by atoms with Crippen LogP contribution in [0.1, 0.15) is 38.5 Å². The van der Waals surface area contributed by atoms with E-state index in [0.29, 0.717) is 6.54 Å². The van der Waals surface area contributed by atoms with Gasteiger partial charge in [-0.1, -0.05) is 30.7 Å². The van der Waals surface area contributed by atoms with Crippen molar-refractivity contribution in [3.8, 4) is 11.1 Å². The second kappa shape index (κ2) is 10.9. The summed E-state index contributed by atoms with van der Waals surface area (Å²) in [6.07, 6.45) is 7.33. The van der Waals surface area contributed by atoms with Gasteiger partial charge in [0, 0.05) is 12.6 Å². The number of halogens is 1. The molecule has 0 spiro atoms. The molecule has 0 saturated carbocycles. The van der Waals surface area contributed by atoms with Crippen LogP contribution in [0.5, 0.6) is 0 Å². The zero-order valence-corrected chi connectivity index (χ0v) is 19.5. The van der Waals surface area contributed by atoms with Crippen molar-refractivity contribution in [1.82, 2.24) is 14.5 Å². The van der Waals surface area contributed by atoms with Crippen LogP contribution in [0.2, 0.25) is 0 Å². The number of sulfonamides is 1. The molecule has 0 bridgehead atoms. The van der Waals surface area contributed by atoms with Crippen molar-refractivity contribution in [3.05, 3.63) is 54.3 Å². The van der Waals surface area contributed by atoms with Crippen LogP contribution in [-0.2, 0) is 10.0 Å². The van der Waals surface area contributed by atoms with E-state index in [0.717, 1.165) is 43.2 Å². The van der Waals surface area contributed by atoms with Gasteiger partial charge in [-0.3, -0.25) is 0 Å². The maximum atomic E-state index is 13.1. The molecule has 0 aliphatic carbocycles. The van der Waals surface area contributed by atoms with E-state index in [-0.39, 0.29) is 10.7 Å². The van der Waals surface area contributed by atoms with E-state index in [4.69, 9.17) is 0 Å². The molecule has 5 nitrogen and oxygen atoms in total. The number of hydrogen-bond donors (Lipinski definition) is 1. The molecular formula is C25H34FN3O2S. The molecule has 4 rings (SSSR count). The summed E-state index contributed by atoms with van der Waals surface area (Å²) in [5.41, 5.74) is 1.71. The monoisotopic (exact) mass is 459 g/mol. The Morgan fingerprint density at radius 3 is 2.06 bits per heavy atom. The molecule has 2 aromatic rings. The third-order valence-electron chi connectivity index (χ3n) is 6.75. The van der Waals surface area contributed by atoms with E-state index in [1.54, 1.807) is 36.4 Å². The van der Waals surface area contributed by atoms with Gasteiger partial charge in [-0.05, 0) is 100 Å². The SMILES string of the molecule is O=S(=O)(NCCCN1CCC(N2CCCCC2)CC1)c1ccc(-c2ccc(F)cc2)cc1. The highest BCUT2D eigenvalue weighted by molar-refractivity contribution is 7.89. The molecule has 0 amide bonds. The Balaban J connectivity index is 1.20. The zero-order valence-electron chi connectivity index (χ0n) is 18.7. The lowest BCUT2D eigenvalue weighted by Crippen LogP contribution is -2.47. The minimum atomic E-state index is -3.53. The predicted octanol–water partition coefficient (Wildman–Crippen LogP) is 4.11. The van der Waals surface area contributed by atoms with Crippen LogP contribution in [-0.4, -0.2) is 63.5 Å². The molecule has 1 N–H and O–H groups in total. The lowest BCUT2D eigenvalue weighted by atomic mass is 10.00. The van der Waals surface area contributed by atoms with Crippen LogP contribution in [0.3, 0.4) is 0 Å². The van der Waals surface area contributed by atoms with Crippen molar-refractivity contribution in [2.24, 2.45) is 0 Å². The van der Waals surface area contributed by atoms with Crippen LogP contribution >= 0.6 is 0 Å². The van der Waals surface area contributed by atoms with E-state index < -0.39 is 10.0 Å². The highest BCUT2D eigenvalue weighted by atomic mass is 32.2. The van der Waals surface area contributed by atoms with Crippen LogP contribution in [0.25, 0.3) is 11.1 Å². The lowest BCUT2D eigenvalue weighted by molar-refractivity contribution is 0.0923. The highest BCUT2D eigenvalue weighted by Crippen LogP contribution is 2.22. The van der Waals surface area contributed by atoms with Gasteiger partial charge in [0.05, 0.1) is 4.90 Å². The van der Waals surface area contributed by atoms with Crippen molar-refractivity contribution in [1.29, 1.82) is 0 Å². The Labute approximate surface area is 191 Å². The van der Waals surface area contributed by atoms with Crippen LogP contribution in [0.4, 0.5) is 4.39 Å². The summed E-state index contributed by atoms with van der Waals surface area (Å²) >= 11 is 0. The topological polar surface area (TPSA) is 52.7 Å². The maximum absolute atomic E-state index is 13.1. The van der Waals surface area contributed by atoms with Crippen molar-refractivity contribution in [2.75, 3.05) is 39.3 Å². The number of piperidine rings is 2. The normalized spacial score (nSPS) is 19.3. The average molecular weight is 460 g/mol. The predicted molar refractivity (Wildman–Crippen MR) is 127 cm³/mol. The Morgan fingerprint density at radius 1 is 0.844 bits per heavy atom. The van der Waals surface area contributed by atoms with Gasteiger partial charge in [-0.15, -0.1) is 0 Å². The summed E-state index contributed by atoms with van der Waals surface area (Å²) in [5, 5.41) is 0. The van der Waals surface area contributed by atoms with Gasteiger partial charge in [0.15, 0.2) is 0 Å². The highest BCUT2D eigenvalue weighted by Gasteiger charge is 2.25. The third kappa shape index (κ3) is 6.16. The van der Waals surface area contributed by atoms with E-state index in [2.05, 4.69) is 14.5 Å². The molecule has 2 heterocycles. The van der Waals surface area contributed by atoms with Crippen molar-refractivity contribution < 1.29 is 12.8 Å². The lowest BCUT2D eigenvalue weighted by Gasteiger charge is -2.40. The minimum Gasteiger partial charge on any atom is -0.303 e. The number of benzene rings is 2. The molecule has 0 aromatic heterocycles. The fraction of sp³-hybridized carbons (Fsp3) is 0.520. The van der Waals surface area contributed by atoms with E-state index in [1.807, 2.05) is 0 Å². The quantitative estimate of drug-likeness (QED) is 0.604. The summed E-state index contributed by atoms with van der Waals surface area (Å²) in [7, 11) is -3.53. The summed E-state index contributed by atoms with van der Waals surface area (Å²) in [4.78, 5) is 5.40. The molecule has 2 aliphatic rings. The first-order valence-electron chi connectivity index (χ1n) is 11.8. The Kier molecular flexibility index (Phi) is 7.94. The molecule has 2 aliphatic heterocycles. The van der Waals surface area contributed by atoms with Crippen LogP contribution in [0.15, 0.2) is 53.4 Å². The van der Waals surface area contributed by atoms with Gasteiger partial charge < -0.3 is 9.80 Å². The molecule has 0 atom stereocenters. The summed E-state index contributed by atoms with van der Waals surface area (Å²) in [6.45, 7) is 6.11. The second-order valence-electron chi connectivity index (χ2n) is 8.95. The molecule has 2 aromatic carbocycles. The molecular weight excluding hydrogens is 425 g/mol. The van der Waals surface area contributed by atoms with Crippen LogP contribution < -0.4 is 4.72 Å². The molecule has 7 heteroatoms. The first kappa shape index (κ1) is 23.4. The number of nitrogens with zero attached hydrogens (tertiary/aromatic N) is 2. The minimum absolute atomic E-state index is 0.255. The Bertz CT molecular complexity index is 950. The molecule has 174 valence electrons. The summed E-state index contributed by atoms with van der Waals surface area (Å²) < 4.78 is 41.0. The average Bonchev–Trinajstić information content (AvgIpc) is 2.83. The number of nitrogens with one attached hydrogen (secondary N) is 1. The summed E-state index contributed by atoms with van der Waals surface area (Å²) in [5.74, 6) is -0.288. The molecule has 0 unspecified atom stereocenters. The molecule has 0 radical (unpaired) electrons. The first-order chi connectivity index (χ1) is 15.5.